The summed E-state index contributed by atoms with van der Waals surface area (Å²) in [6, 6.07) is 9.70. The van der Waals surface area contributed by atoms with Crippen LogP contribution in [0.1, 0.15) is 24.1 Å². The number of halogens is 2. The minimum atomic E-state index is -0.452. The van der Waals surface area contributed by atoms with Gasteiger partial charge in [0.25, 0.3) is 0 Å². The van der Waals surface area contributed by atoms with Gasteiger partial charge in [-0.05, 0) is 37.6 Å². The highest BCUT2D eigenvalue weighted by atomic mass is 35.5. The van der Waals surface area contributed by atoms with Gasteiger partial charge in [-0.25, -0.2) is 4.39 Å². The number of hydrogen-bond acceptors (Lipinski definition) is 2. The highest BCUT2D eigenvalue weighted by Gasteiger charge is 2.15. The van der Waals surface area contributed by atoms with Crippen LogP contribution in [-0.4, -0.2) is 0 Å². The Morgan fingerprint density at radius 3 is 2.63 bits per heavy atom. The van der Waals surface area contributed by atoms with E-state index in [1.165, 1.54) is 6.07 Å². The van der Waals surface area contributed by atoms with Crippen LogP contribution >= 0.6 is 11.6 Å². The maximum atomic E-state index is 13.9. The molecule has 4 heteroatoms. The molecule has 2 nitrogen and oxygen atoms in total. The van der Waals surface area contributed by atoms with Crippen molar-refractivity contribution in [2.45, 2.75) is 19.9 Å². The van der Waals surface area contributed by atoms with Gasteiger partial charge in [0, 0.05) is 11.6 Å². The van der Waals surface area contributed by atoms with E-state index in [-0.39, 0.29) is 11.8 Å². The molecule has 2 aromatic carbocycles. The van der Waals surface area contributed by atoms with Crippen LogP contribution in [0.25, 0.3) is 0 Å². The summed E-state index contributed by atoms with van der Waals surface area (Å²) in [6.07, 6.45) is 0. The van der Waals surface area contributed by atoms with E-state index in [1.807, 2.05) is 13.0 Å². The summed E-state index contributed by atoms with van der Waals surface area (Å²) in [7, 11) is 0. The molecule has 0 aliphatic heterocycles. The lowest BCUT2D eigenvalue weighted by molar-refractivity contribution is 0.433. The third-order valence-electron chi connectivity index (χ3n) is 2.79. The van der Waals surface area contributed by atoms with Gasteiger partial charge in [0.1, 0.15) is 5.75 Å². The Morgan fingerprint density at radius 1 is 1.26 bits per heavy atom. The summed E-state index contributed by atoms with van der Waals surface area (Å²) >= 11 is 6.08. The number of benzene rings is 2. The molecule has 0 amide bonds. The molecule has 0 heterocycles. The maximum absolute atomic E-state index is 13.9. The van der Waals surface area contributed by atoms with Crippen molar-refractivity contribution < 1.29 is 9.13 Å². The van der Waals surface area contributed by atoms with E-state index in [2.05, 4.69) is 0 Å². The smallest absolute Gasteiger partial charge is 0.167 e. The fraction of sp³-hybridized carbons (Fsp3) is 0.200. The van der Waals surface area contributed by atoms with Crippen LogP contribution in [0, 0.1) is 12.7 Å². The quantitative estimate of drug-likeness (QED) is 0.891. The fourth-order valence-corrected chi connectivity index (χ4v) is 2.06. The Kier molecular flexibility index (Phi) is 4.08. The predicted molar refractivity (Wildman–Crippen MR) is 75.3 cm³/mol. The number of ether oxygens (including phenoxy) is 1. The third kappa shape index (κ3) is 3.06. The van der Waals surface area contributed by atoms with Gasteiger partial charge in [0.2, 0.25) is 0 Å². The molecule has 2 aromatic rings. The molecule has 0 fully saturated rings. The van der Waals surface area contributed by atoms with Gasteiger partial charge in [0.05, 0.1) is 5.02 Å². The molecule has 0 aliphatic carbocycles. The van der Waals surface area contributed by atoms with E-state index < -0.39 is 5.82 Å². The van der Waals surface area contributed by atoms with E-state index in [0.717, 1.165) is 5.56 Å². The molecule has 0 saturated carbocycles. The van der Waals surface area contributed by atoms with Crippen molar-refractivity contribution in [3.8, 4) is 11.5 Å². The summed E-state index contributed by atoms with van der Waals surface area (Å²) in [5, 5.41) is 0.443. The first-order valence-electron chi connectivity index (χ1n) is 5.97. The molecule has 0 radical (unpaired) electrons. The van der Waals surface area contributed by atoms with Gasteiger partial charge in [-0.3, -0.25) is 0 Å². The van der Waals surface area contributed by atoms with Crippen molar-refractivity contribution in [2.75, 3.05) is 0 Å². The summed E-state index contributed by atoms with van der Waals surface area (Å²) < 4.78 is 19.5. The van der Waals surface area contributed by atoms with E-state index in [0.29, 0.717) is 16.3 Å². The molecule has 0 spiro atoms. The maximum Gasteiger partial charge on any atom is 0.167 e. The van der Waals surface area contributed by atoms with Gasteiger partial charge in [-0.2, -0.15) is 0 Å². The molecule has 0 aromatic heterocycles. The van der Waals surface area contributed by atoms with E-state index in [9.17, 15) is 4.39 Å². The molecule has 2 rings (SSSR count). The fourth-order valence-electron chi connectivity index (χ4n) is 1.79. The summed E-state index contributed by atoms with van der Waals surface area (Å²) in [6.45, 7) is 3.70. The molecular weight excluding hydrogens is 265 g/mol. The van der Waals surface area contributed by atoms with Crippen LogP contribution in [0.2, 0.25) is 5.02 Å². The van der Waals surface area contributed by atoms with Crippen LogP contribution in [-0.2, 0) is 0 Å². The largest absolute Gasteiger partial charge is 0.452 e. The van der Waals surface area contributed by atoms with Crippen molar-refractivity contribution >= 4 is 11.6 Å². The minimum absolute atomic E-state index is 0.128. The van der Waals surface area contributed by atoms with Crippen molar-refractivity contribution in [3.05, 3.63) is 58.4 Å². The first kappa shape index (κ1) is 13.8. The average molecular weight is 280 g/mol. The highest BCUT2D eigenvalue weighted by Crippen LogP contribution is 2.35. The van der Waals surface area contributed by atoms with Crippen LogP contribution in [0.15, 0.2) is 36.4 Å². The average Bonchev–Trinajstić information content (AvgIpc) is 2.34. The summed E-state index contributed by atoms with van der Waals surface area (Å²) in [5.74, 6) is 0.0916. The standard InChI is InChI=1S/C15H15ClFNO/c1-9-6-7-14(12(16)8-9)19-15-11(10(2)18)4-3-5-13(15)17/h3-8,10H,18H2,1-2H3/t10-/m0/s1. The normalized spacial score (nSPS) is 12.3. The zero-order valence-corrected chi connectivity index (χ0v) is 11.5. The molecule has 0 saturated heterocycles. The van der Waals surface area contributed by atoms with Crippen LogP contribution in [0.4, 0.5) is 4.39 Å². The molecule has 0 bridgehead atoms. The molecular formula is C15H15ClFNO. The van der Waals surface area contributed by atoms with Gasteiger partial charge in [-0.1, -0.05) is 29.8 Å². The van der Waals surface area contributed by atoms with E-state index >= 15 is 0 Å². The molecule has 2 N–H and O–H groups in total. The van der Waals surface area contributed by atoms with Gasteiger partial charge < -0.3 is 10.5 Å². The Morgan fingerprint density at radius 2 is 2.00 bits per heavy atom. The molecule has 19 heavy (non-hydrogen) atoms. The van der Waals surface area contributed by atoms with Gasteiger partial charge >= 0.3 is 0 Å². The zero-order chi connectivity index (χ0) is 14.0. The lowest BCUT2D eigenvalue weighted by atomic mass is 10.1. The molecule has 100 valence electrons. The second-order valence-corrected chi connectivity index (χ2v) is 4.89. The number of para-hydroxylation sites is 1. The topological polar surface area (TPSA) is 35.2 Å². The molecule has 1 atom stereocenters. The number of aryl methyl sites for hydroxylation is 1. The predicted octanol–water partition coefficient (Wildman–Crippen LogP) is 4.60. The zero-order valence-electron chi connectivity index (χ0n) is 10.8. The Balaban J connectivity index is 2.43. The lowest BCUT2D eigenvalue weighted by Gasteiger charge is -2.15. The summed E-state index contributed by atoms with van der Waals surface area (Å²) in [4.78, 5) is 0. The Labute approximate surface area is 117 Å². The Hall–Kier alpha value is -1.58. The van der Waals surface area contributed by atoms with Crippen molar-refractivity contribution in [1.29, 1.82) is 0 Å². The second-order valence-electron chi connectivity index (χ2n) is 4.48. The molecule has 0 aliphatic rings. The number of nitrogens with two attached hydrogens (primary N) is 1. The van der Waals surface area contributed by atoms with Crippen molar-refractivity contribution in [1.82, 2.24) is 0 Å². The van der Waals surface area contributed by atoms with E-state index in [4.69, 9.17) is 22.1 Å². The van der Waals surface area contributed by atoms with Gasteiger partial charge in [-0.15, -0.1) is 0 Å². The van der Waals surface area contributed by atoms with Crippen LogP contribution in [0.3, 0.4) is 0 Å². The SMILES string of the molecule is Cc1ccc(Oc2c(F)cccc2[C@H](C)N)c(Cl)c1. The number of hydrogen-bond donors (Lipinski definition) is 1. The van der Waals surface area contributed by atoms with Crippen molar-refractivity contribution in [2.24, 2.45) is 5.73 Å². The minimum Gasteiger partial charge on any atom is -0.452 e. The van der Waals surface area contributed by atoms with Gasteiger partial charge in [0.15, 0.2) is 11.6 Å². The molecule has 0 unspecified atom stereocenters. The Bertz CT molecular complexity index is 599. The van der Waals surface area contributed by atoms with E-state index in [1.54, 1.807) is 31.2 Å². The third-order valence-corrected chi connectivity index (χ3v) is 3.08. The van der Waals surface area contributed by atoms with Crippen LogP contribution in [0.5, 0.6) is 11.5 Å². The highest BCUT2D eigenvalue weighted by molar-refractivity contribution is 6.32. The van der Waals surface area contributed by atoms with Crippen molar-refractivity contribution in [3.63, 3.8) is 0 Å². The first-order valence-corrected chi connectivity index (χ1v) is 6.35. The first-order chi connectivity index (χ1) is 8.99. The second kappa shape index (κ2) is 5.59. The number of rotatable bonds is 3. The summed E-state index contributed by atoms with van der Waals surface area (Å²) in [5.41, 5.74) is 7.44. The van der Waals surface area contributed by atoms with Crippen LogP contribution < -0.4 is 10.5 Å². The monoisotopic (exact) mass is 279 g/mol. The lowest BCUT2D eigenvalue weighted by Crippen LogP contribution is -2.07.